The summed E-state index contributed by atoms with van der Waals surface area (Å²) in [5.41, 5.74) is 0. The van der Waals surface area contributed by atoms with Crippen LogP contribution in [0.15, 0.2) is 0 Å². The molecule has 0 heterocycles. The maximum Gasteiger partial charge on any atom is 0.242 e. The lowest BCUT2D eigenvalue weighted by atomic mass is 10.3. The van der Waals surface area contributed by atoms with Crippen LogP contribution in [0.25, 0.3) is 0 Å². The topological polar surface area (TPSA) is 75.3 Å². The highest BCUT2D eigenvalue weighted by molar-refractivity contribution is 5.89. The number of Topliss-reactive ketones (excluding diaryl/α,β-unsaturated/α-hetero) is 1. The third-order valence-corrected chi connectivity index (χ3v) is 1.32. The fourth-order valence-electron chi connectivity index (χ4n) is 0.564. The number of nitrogens with one attached hydrogen (secondary N) is 2. The van der Waals surface area contributed by atoms with Gasteiger partial charge in [-0.1, -0.05) is 0 Å². The standard InChI is InChI=1S/C7H11FN2O3/c1-5(10-4-11)7(13)9-3-6(12)2-8/h4-5H,2-3H2,1H3,(H,9,13)(H,10,11). The predicted molar refractivity (Wildman–Crippen MR) is 42.7 cm³/mol. The van der Waals surface area contributed by atoms with Crippen LogP contribution in [0.1, 0.15) is 6.92 Å². The average molecular weight is 190 g/mol. The van der Waals surface area contributed by atoms with E-state index in [0.29, 0.717) is 6.41 Å². The molecule has 0 aliphatic rings. The van der Waals surface area contributed by atoms with Gasteiger partial charge in [-0.2, -0.15) is 0 Å². The Bertz CT molecular complexity index is 208. The molecule has 0 rings (SSSR count). The van der Waals surface area contributed by atoms with Gasteiger partial charge in [-0.3, -0.25) is 14.4 Å². The fourth-order valence-corrected chi connectivity index (χ4v) is 0.564. The van der Waals surface area contributed by atoms with E-state index >= 15 is 0 Å². The molecule has 74 valence electrons. The molecule has 13 heavy (non-hydrogen) atoms. The van der Waals surface area contributed by atoms with E-state index in [1.165, 1.54) is 6.92 Å². The van der Waals surface area contributed by atoms with E-state index in [2.05, 4.69) is 10.6 Å². The average Bonchev–Trinajstić information content (AvgIpc) is 2.13. The summed E-state index contributed by atoms with van der Waals surface area (Å²) in [4.78, 5) is 31.3. The Morgan fingerprint density at radius 1 is 1.54 bits per heavy atom. The van der Waals surface area contributed by atoms with Gasteiger partial charge in [-0.25, -0.2) is 4.39 Å². The molecule has 0 radical (unpaired) electrons. The van der Waals surface area contributed by atoms with Crippen LogP contribution in [-0.4, -0.2) is 37.4 Å². The molecular weight excluding hydrogens is 179 g/mol. The lowest BCUT2D eigenvalue weighted by Gasteiger charge is -2.09. The van der Waals surface area contributed by atoms with E-state index < -0.39 is 24.4 Å². The molecule has 0 bridgehead atoms. The zero-order valence-electron chi connectivity index (χ0n) is 7.17. The fraction of sp³-hybridized carbons (Fsp3) is 0.571. The van der Waals surface area contributed by atoms with Crippen molar-refractivity contribution in [2.45, 2.75) is 13.0 Å². The van der Waals surface area contributed by atoms with Crippen LogP contribution in [0.2, 0.25) is 0 Å². The number of carbonyl (C=O) groups is 3. The van der Waals surface area contributed by atoms with Gasteiger partial charge < -0.3 is 10.6 Å². The van der Waals surface area contributed by atoms with E-state index in [0.717, 1.165) is 0 Å². The largest absolute Gasteiger partial charge is 0.347 e. The third kappa shape index (κ3) is 4.89. The molecule has 0 aromatic carbocycles. The number of halogens is 1. The first-order valence-corrected chi connectivity index (χ1v) is 3.67. The number of amides is 2. The van der Waals surface area contributed by atoms with Gasteiger partial charge >= 0.3 is 0 Å². The molecule has 1 unspecified atom stereocenters. The first kappa shape index (κ1) is 11.5. The Kier molecular flexibility index (Phi) is 5.42. The third-order valence-electron chi connectivity index (χ3n) is 1.32. The second-order valence-electron chi connectivity index (χ2n) is 2.40. The lowest BCUT2D eigenvalue weighted by molar-refractivity contribution is -0.127. The zero-order valence-corrected chi connectivity index (χ0v) is 7.17. The molecule has 0 saturated carbocycles. The van der Waals surface area contributed by atoms with E-state index in [9.17, 15) is 18.8 Å². The van der Waals surface area contributed by atoms with Crippen LogP contribution in [0.4, 0.5) is 4.39 Å². The van der Waals surface area contributed by atoms with Crippen LogP contribution < -0.4 is 10.6 Å². The minimum absolute atomic E-state index is 0.347. The molecule has 0 aromatic heterocycles. The Morgan fingerprint density at radius 2 is 2.15 bits per heavy atom. The molecule has 0 fully saturated rings. The number of hydrogen-bond acceptors (Lipinski definition) is 3. The first-order valence-electron chi connectivity index (χ1n) is 3.67. The smallest absolute Gasteiger partial charge is 0.242 e. The molecule has 1 atom stereocenters. The van der Waals surface area contributed by atoms with E-state index in [-0.39, 0.29) is 6.54 Å². The Balaban J connectivity index is 3.73. The van der Waals surface area contributed by atoms with E-state index in [4.69, 9.17) is 0 Å². The van der Waals surface area contributed by atoms with Gasteiger partial charge in [-0.05, 0) is 6.92 Å². The monoisotopic (exact) mass is 190 g/mol. The summed E-state index contributed by atoms with van der Waals surface area (Å²) in [5.74, 6) is -1.22. The van der Waals surface area contributed by atoms with Crippen molar-refractivity contribution in [2.75, 3.05) is 13.2 Å². The summed E-state index contributed by atoms with van der Waals surface area (Å²) >= 11 is 0. The van der Waals surface area contributed by atoms with Crippen molar-refractivity contribution in [3.8, 4) is 0 Å². The number of ketones is 1. The minimum atomic E-state index is -1.10. The maximum atomic E-state index is 11.6. The van der Waals surface area contributed by atoms with Gasteiger partial charge in [0.25, 0.3) is 0 Å². The second kappa shape index (κ2) is 6.10. The molecule has 5 nitrogen and oxygen atoms in total. The summed E-state index contributed by atoms with van der Waals surface area (Å²) in [6.45, 7) is -0.000361. The summed E-state index contributed by atoms with van der Waals surface area (Å²) in [7, 11) is 0. The molecule has 2 N–H and O–H groups in total. The van der Waals surface area contributed by atoms with Gasteiger partial charge in [0, 0.05) is 0 Å². The van der Waals surface area contributed by atoms with Crippen molar-refractivity contribution in [1.29, 1.82) is 0 Å². The first-order chi connectivity index (χ1) is 6.11. The lowest BCUT2D eigenvalue weighted by Crippen LogP contribution is -2.43. The number of rotatable bonds is 6. The Hall–Kier alpha value is -1.46. The Morgan fingerprint density at radius 3 is 2.62 bits per heavy atom. The summed E-state index contributed by atoms with van der Waals surface area (Å²) in [6.07, 6.45) is 0.376. The van der Waals surface area contributed by atoms with Gasteiger partial charge in [-0.15, -0.1) is 0 Å². The van der Waals surface area contributed by atoms with Crippen LogP contribution in [-0.2, 0) is 14.4 Å². The van der Waals surface area contributed by atoms with Crippen molar-refractivity contribution in [1.82, 2.24) is 10.6 Å². The molecule has 0 aliphatic carbocycles. The normalized spacial score (nSPS) is 11.5. The van der Waals surface area contributed by atoms with Crippen LogP contribution in [0.5, 0.6) is 0 Å². The zero-order chi connectivity index (χ0) is 10.3. The van der Waals surface area contributed by atoms with Crippen LogP contribution >= 0.6 is 0 Å². The van der Waals surface area contributed by atoms with Crippen molar-refractivity contribution < 1.29 is 18.8 Å². The summed E-state index contributed by atoms with van der Waals surface area (Å²) < 4.78 is 11.6. The number of carbonyl (C=O) groups excluding carboxylic acids is 3. The quantitative estimate of drug-likeness (QED) is 0.515. The van der Waals surface area contributed by atoms with Gasteiger partial charge in [0.05, 0.1) is 6.54 Å². The van der Waals surface area contributed by atoms with Gasteiger partial charge in [0.15, 0.2) is 5.78 Å². The summed E-state index contributed by atoms with van der Waals surface area (Å²) in [5, 5.41) is 4.36. The van der Waals surface area contributed by atoms with Crippen molar-refractivity contribution in [2.24, 2.45) is 0 Å². The van der Waals surface area contributed by atoms with E-state index in [1.807, 2.05) is 0 Å². The number of hydrogen-bond donors (Lipinski definition) is 2. The molecule has 0 aromatic rings. The minimum Gasteiger partial charge on any atom is -0.347 e. The Labute approximate surface area is 74.7 Å². The van der Waals surface area contributed by atoms with Crippen LogP contribution in [0.3, 0.4) is 0 Å². The highest BCUT2D eigenvalue weighted by Crippen LogP contribution is 1.80. The molecule has 0 aliphatic heterocycles. The molecule has 0 spiro atoms. The molecule has 6 heteroatoms. The van der Waals surface area contributed by atoms with Crippen molar-refractivity contribution in [3.05, 3.63) is 0 Å². The molecular formula is C7H11FN2O3. The summed E-state index contributed by atoms with van der Waals surface area (Å²) in [6, 6.07) is -0.718. The highest BCUT2D eigenvalue weighted by Gasteiger charge is 2.11. The van der Waals surface area contributed by atoms with Crippen LogP contribution in [0, 0.1) is 0 Å². The van der Waals surface area contributed by atoms with Crippen molar-refractivity contribution in [3.63, 3.8) is 0 Å². The molecule has 0 saturated heterocycles. The van der Waals surface area contributed by atoms with Crippen molar-refractivity contribution >= 4 is 18.1 Å². The predicted octanol–water partition coefficient (Wildman–Crippen LogP) is -1.22. The highest BCUT2D eigenvalue weighted by atomic mass is 19.1. The second-order valence-corrected chi connectivity index (χ2v) is 2.40. The SMILES string of the molecule is CC(NC=O)C(=O)NCC(=O)CF. The van der Waals surface area contributed by atoms with Gasteiger partial charge in [0.1, 0.15) is 12.7 Å². The number of alkyl halides is 1. The van der Waals surface area contributed by atoms with Gasteiger partial charge in [0.2, 0.25) is 12.3 Å². The maximum absolute atomic E-state index is 11.6. The van der Waals surface area contributed by atoms with E-state index in [1.54, 1.807) is 0 Å². The molecule has 2 amide bonds.